The van der Waals surface area contributed by atoms with Crippen molar-refractivity contribution in [2.24, 2.45) is 0 Å². The molecule has 0 saturated carbocycles. The summed E-state index contributed by atoms with van der Waals surface area (Å²) in [6.07, 6.45) is 2.42. The number of benzene rings is 1. The largest absolute Gasteiger partial charge is 0.379 e. The third-order valence-corrected chi connectivity index (χ3v) is 3.70. The summed E-state index contributed by atoms with van der Waals surface area (Å²) in [4.78, 5) is 2.14. The summed E-state index contributed by atoms with van der Waals surface area (Å²) < 4.78 is 5.61. The van der Waals surface area contributed by atoms with Crippen molar-refractivity contribution in [3.63, 3.8) is 0 Å². The molecule has 1 aliphatic carbocycles. The Morgan fingerprint density at radius 3 is 2.95 bits per heavy atom. The van der Waals surface area contributed by atoms with E-state index in [1.54, 1.807) is 0 Å². The minimum Gasteiger partial charge on any atom is -0.379 e. The molecule has 3 heteroatoms. The lowest BCUT2D eigenvalue weighted by molar-refractivity contribution is 0.117. The van der Waals surface area contributed by atoms with Crippen LogP contribution in [0.4, 0.5) is 0 Å². The normalized spacial score (nSPS) is 18.0. The molecule has 0 aliphatic heterocycles. The Kier molecular flexibility index (Phi) is 5.37. The fourth-order valence-electron chi connectivity index (χ4n) is 2.59. The first-order valence-corrected chi connectivity index (χ1v) is 7.22. The van der Waals surface area contributed by atoms with Crippen LogP contribution >= 0.6 is 0 Å². The van der Waals surface area contributed by atoms with Crippen molar-refractivity contribution in [3.05, 3.63) is 34.9 Å². The minimum atomic E-state index is 0.521. The predicted octanol–water partition coefficient (Wildman–Crippen LogP) is 2.15. The molecular formula is C16H26N2O. The maximum absolute atomic E-state index is 5.61. The van der Waals surface area contributed by atoms with Crippen LogP contribution in [0.25, 0.3) is 0 Å². The van der Waals surface area contributed by atoms with E-state index >= 15 is 0 Å². The highest BCUT2D eigenvalue weighted by Gasteiger charge is 2.21. The van der Waals surface area contributed by atoms with Crippen molar-refractivity contribution in [2.75, 3.05) is 40.4 Å². The lowest BCUT2D eigenvalue weighted by Crippen LogP contribution is -2.25. The zero-order valence-corrected chi connectivity index (χ0v) is 12.4. The first-order valence-electron chi connectivity index (χ1n) is 7.22. The minimum absolute atomic E-state index is 0.521. The Hall–Kier alpha value is -0.900. The molecule has 1 N–H and O–H groups in total. The quantitative estimate of drug-likeness (QED) is 0.762. The number of nitrogens with one attached hydrogen (secondary N) is 1. The van der Waals surface area contributed by atoms with Crippen molar-refractivity contribution in [3.8, 4) is 0 Å². The molecule has 0 amide bonds. The molecule has 0 heterocycles. The molecular weight excluding hydrogens is 236 g/mol. The molecule has 0 spiro atoms. The number of rotatable bonds is 7. The number of aryl methyl sites for hydroxylation is 2. The maximum atomic E-state index is 5.61. The first-order chi connectivity index (χ1) is 9.16. The van der Waals surface area contributed by atoms with E-state index in [0.717, 1.165) is 26.3 Å². The smallest absolute Gasteiger partial charge is 0.0593 e. The monoisotopic (exact) mass is 262 g/mol. The van der Waals surface area contributed by atoms with Crippen molar-refractivity contribution >= 4 is 0 Å². The molecule has 106 valence electrons. The average Bonchev–Trinajstić information content (AvgIpc) is 2.76. The van der Waals surface area contributed by atoms with Gasteiger partial charge in [0, 0.05) is 19.1 Å². The van der Waals surface area contributed by atoms with Crippen LogP contribution in [0.3, 0.4) is 0 Å². The van der Waals surface area contributed by atoms with Crippen LogP contribution in [0.2, 0.25) is 0 Å². The van der Waals surface area contributed by atoms with Gasteiger partial charge in [-0.3, -0.25) is 0 Å². The third-order valence-electron chi connectivity index (χ3n) is 3.70. The van der Waals surface area contributed by atoms with Gasteiger partial charge in [0.15, 0.2) is 0 Å². The van der Waals surface area contributed by atoms with Crippen LogP contribution < -0.4 is 5.32 Å². The van der Waals surface area contributed by atoms with Crippen LogP contribution in [-0.4, -0.2) is 45.3 Å². The summed E-state index contributed by atoms with van der Waals surface area (Å²) in [6.45, 7) is 5.71. The second-order valence-electron chi connectivity index (χ2n) is 5.66. The molecule has 1 unspecified atom stereocenters. The highest BCUT2D eigenvalue weighted by Crippen LogP contribution is 2.31. The molecule has 0 saturated heterocycles. The van der Waals surface area contributed by atoms with Crippen LogP contribution in [0.5, 0.6) is 0 Å². The number of nitrogens with zero attached hydrogens (tertiary/aromatic N) is 1. The average molecular weight is 262 g/mol. The number of hydrogen-bond donors (Lipinski definition) is 1. The Labute approximate surface area is 116 Å². The molecule has 0 radical (unpaired) electrons. The topological polar surface area (TPSA) is 24.5 Å². The van der Waals surface area contributed by atoms with E-state index in [-0.39, 0.29) is 0 Å². The molecule has 1 aliphatic rings. The molecule has 1 atom stereocenters. The van der Waals surface area contributed by atoms with Gasteiger partial charge >= 0.3 is 0 Å². The molecule has 3 nitrogen and oxygen atoms in total. The van der Waals surface area contributed by atoms with Crippen molar-refractivity contribution in [1.29, 1.82) is 0 Å². The van der Waals surface area contributed by atoms with Crippen molar-refractivity contribution in [1.82, 2.24) is 10.2 Å². The molecule has 2 rings (SSSR count). The van der Waals surface area contributed by atoms with Gasteiger partial charge in [0.1, 0.15) is 0 Å². The Balaban J connectivity index is 1.70. The van der Waals surface area contributed by atoms with Crippen molar-refractivity contribution < 1.29 is 4.74 Å². The summed E-state index contributed by atoms with van der Waals surface area (Å²) >= 11 is 0. The predicted molar refractivity (Wildman–Crippen MR) is 79.6 cm³/mol. The molecule has 19 heavy (non-hydrogen) atoms. The Morgan fingerprint density at radius 1 is 1.32 bits per heavy atom. The highest BCUT2D eigenvalue weighted by atomic mass is 16.5. The zero-order valence-electron chi connectivity index (χ0n) is 12.4. The van der Waals surface area contributed by atoms with E-state index in [0.29, 0.717) is 6.04 Å². The van der Waals surface area contributed by atoms with Gasteiger partial charge in [0.2, 0.25) is 0 Å². The SMILES string of the molecule is Cc1ccc2c(c1)C(NCCOCCN(C)C)CC2. The highest BCUT2D eigenvalue weighted by molar-refractivity contribution is 5.37. The van der Waals surface area contributed by atoms with Gasteiger partial charge in [-0.1, -0.05) is 23.8 Å². The summed E-state index contributed by atoms with van der Waals surface area (Å²) in [6, 6.07) is 7.34. The first kappa shape index (κ1) is 14.5. The van der Waals surface area contributed by atoms with E-state index < -0.39 is 0 Å². The van der Waals surface area contributed by atoms with Gasteiger partial charge in [-0.2, -0.15) is 0 Å². The van der Waals surface area contributed by atoms with Crippen LogP contribution in [0.1, 0.15) is 29.2 Å². The number of likely N-dealkylation sites (N-methyl/N-ethyl adjacent to an activating group) is 1. The van der Waals surface area contributed by atoms with E-state index in [9.17, 15) is 0 Å². The van der Waals surface area contributed by atoms with E-state index in [2.05, 4.69) is 49.4 Å². The van der Waals surface area contributed by atoms with Crippen LogP contribution in [-0.2, 0) is 11.2 Å². The van der Waals surface area contributed by atoms with Gasteiger partial charge in [0.05, 0.1) is 13.2 Å². The number of hydrogen-bond acceptors (Lipinski definition) is 3. The number of ether oxygens (including phenoxy) is 1. The maximum Gasteiger partial charge on any atom is 0.0593 e. The molecule has 0 aromatic heterocycles. The lowest BCUT2D eigenvalue weighted by Gasteiger charge is -2.15. The van der Waals surface area contributed by atoms with Gasteiger partial charge in [-0.15, -0.1) is 0 Å². The van der Waals surface area contributed by atoms with Gasteiger partial charge in [0.25, 0.3) is 0 Å². The second-order valence-corrected chi connectivity index (χ2v) is 5.66. The van der Waals surface area contributed by atoms with Crippen LogP contribution in [0.15, 0.2) is 18.2 Å². The Bertz CT molecular complexity index is 404. The van der Waals surface area contributed by atoms with Gasteiger partial charge in [-0.05, 0) is 45.0 Å². The summed E-state index contributed by atoms with van der Waals surface area (Å²) in [5.74, 6) is 0. The van der Waals surface area contributed by atoms with Gasteiger partial charge in [-0.25, -0.2) is 0 Å². The molecule has 1 aromatic rings. The van der Waals surface area contributed by atoms with Crippen LogP contribution in [0, 0.1) is 6.92 Å². The third kappa shape index (κ3) is 4.30. The van der Waals surface area contributed by atoms with E-state index in [1.807, 2.05) is 0 Å². The zero-order chi connectivity index (χ0) is 13.7. The molecule has 0 bridgehead atoms. The standard InChI is InChI=1S/C16H26N2O/c1-13-4-5-14-6-7-16(15(14)12-13)17-8-10-19-11-9-18(2)3/h4-5,12,16-17H,6-11H2,1-3H3. The summed E-state index contributed by atoms with van der Waals surface area (Å²) in [7, 11) is 4.14. The fraction of sp³-hybridized carbons (Fsp3) is 0.625. The fourth-order valence-corrected chi connectivity index (χ4v) is 2.59. The van der Waals surface area contributed by atoms with Gasteiger partial charge < -0.3 is 15.0 Å². The van der Waals surface area contributed by atoms with E-state index in [4.69, 9.17) is 4.74 Å². The lowest BCUT2D eigenvalue weighted by atomic mass is 10.1. The molecule has 1 aromatic carbocycles. The van der Waals surface area contributed by atoms with E-state index in [1.165, 1.54) is 29.5 Å². The number of fused-ring (bicyclic) bond motifs is 1. The summed E-state index contributed by atoms with van der Waals surface area (Å²) in [5, 5.41) is 3.61. The molecule has 0 fully saturated rings. The summed E-state index contributed by atoms with van der Waals surface area (Å²) in [5.41, 5.74) is 4.36. The van der Waals surface area contributed by atoms with Crippen molar-refractivity contribution in [2.45, 2.75) is 25.8 Å². The second kappa shape index (κ2) is 7.04. The Morgan fingerprint density at radius 2 is 2.16 bits per heavy atom.